The van der Waals surface area contributed by atoms with Gasteiger partial charge in [0.1, 0.15) is 0 Å². The lowest BCUT2D eigenvalue weighted by Crippen LogP contribution is -2.28. The van der Waals surface area contributed by atoms with Crippen molar-refractivity contribution in [3.05, 3.63) is 204 Å². The van der Waals surface area contributed by atoms with Gasteiger partial charge in [-0.15, -0.1) is 0 Å². The van der Waals surface area contributed by atoms with E-state index < -0.39 is 5.41 Å². The number of aromatic nitrogens is 2. The molecule has 0 spiro atoms. The van der Waals surface area contributed by atoms with Crippen molar-refractivity contribution in [1.82, 2.24) is 9.97 Å². The van der Waals surface area contributed by atoms with Gasteiger partial charge >= 0.3 is 0 Å². The van der Waals surface area contributed by atoms with Crippen molar-refractivity contribution in [2.75, 3.05) is 0 Å². The van der Waals surface area contributed by atoms with Gasteiger partial charge in [-0.2, -0.15) is 0 Å². The standard InChI is InChI=1S/C45H30N2/c1-5-16-32(17-6-1)41-30-42(47-44(46-41)33-18-7-2-8-19-33)34-25-27-38-40(29-34)45(35-20-9-3-10-21-35,36-22-11-4-12-23-36)39-28-26-31-15-13-14-24-37(31)43(38)39/h1-30H. The lowest BCUT2D eigenvalue weighted by Gasteiger charge is -2.34. The highest BCUT2D eigenvalue weighted by atomic mass is 14.9. The van der Waals surface area contributed by atoms with E-state index in [9.17, 15) is 0 Å². The van der Waals surface area contributed by atoms with E-state index in [2.05, 4.69) is 158 Å². The molecule has 1 aliphatic carbocycles. The van der Waals surface area contributed by atoms with E-state index in [0.717, 1.165) is 28.1 Å². The molecule has 0 bridgehead atoms. The predicted octanol–water partition coefficient (Wildman–Crippen LogP) is 11.0. The molecule has 7 aromatic carbocycles. The smallest absolute Gasteiger partial charge is 0.160 e. The molecule has 0 radical (unpaired) electrons. The molecule has 8 aromatic rings. The second-order valence-corrected chi connectivity index (χ2v) is 12.1. The number of hydrogen-bond donors (Lipinski definition) is 0. The highest BCUT2D eigenvalue weighted by molar-refractivity contribution is 6.04. The summed E-state index contributed by atoms with van der Waals surface area (Å²) in [6.07, 6.45) is 0. The summed E-state index contributed by atoms with van der Waals surface area (Å²) in [5.74, 6) is 0.717. The third-order valence-electron chi connectivity index (χ3n) is 9.56. The van der Waals surface area contributed by atoms with E-state index in [1.807, 2.05) is 24.3 Å². The first-order valence-corrected chi connectivity index (χ1v) is 16.1. The fourth-order valence-electron chi connectivity index (χ4n) is 7.48. The summed E-state index contributed by atoms with van der Waals surface area (Å²) in [5, 5.41) is 2.52. The summed E-state index contributed by atoms with van der Waals surface area (Å²) in [5.41, 5.74) is 12.0. The number of hydrogen-bond acceptors (Lipinski definition) is 2. The van der Waals surface area contributed by atoms with Crippen LogP contribution in [0.1, 0.15) is 22.3 Å². The SMILES string of the molecule is c1ccc(-c2cc(-c3ccc4c(c3)C(c3ccccc3)(c3ccccc3)c3ccc5ccccc5c3-4)nc(-c3ccccc3)n2)cc1. The van der Waals surface area contributed by atoms with Crippen molar-refractivity contribution >= 4 is 10.8 Å². The number of benzene rings is 7. The Morgan fingerprint density at radius 3 is 1.60 bits per heavy atom. The lowest BCUT2D eigenvalue weighted by atomic mass is 9.67. The Hall–Kier alpha value is -6.12. The Balaban J connectivity index is 1.36. The van der Waals surface area contributed by atoms with Crippen molar-refractivity contribution in [3.8, 4) is 45.0 Å². The van der Waals surface area contributed by atoms with E-state index in [1.165, 1.54) is 44.2 Å². The second-order valence-electron chi connectivity index (χ2n) is 12.1. The minimum Gasteiger partial charge on any atom is -0.228 e. The van der Waals surface area contributed by atoms with Crippen LogP contribution in [0.15, 0.2) is 182 Å². The molecule has 0 unspecified atom stereocenters. The summed E-state index contributed by atoms with van der Waals surface area (Å²) in [6, 6.07) is 65.1. The van der Waals surface area contributed by atoms with Gasteiger partial charge in [0.15, 0.2) is 5.82 Å². The zero-order valence-corrected chi connectivity index (χ0v) is 25.7. The van der Waals surface area contributed by atoms with Gasteiger partial charge in [0.05, 0.1) is 16.8 Å². The maximum atomic E-state index is 5.21. The summed E-state index contributed by atoms with van der Waals surface area (Å²) < 4.78 is 0. The van der Waals surface area contributed by atoms with Gasteiger partial charge in [0.2, 0.25) is 0 Å². The topological polar surface area (TPSA) is 25.8 Å². The maximum Gasteiger partial charge on any atom is 0.160 e. The van der Waals surface area contributed by atoms with Gasteiger partial charge in [-0.05, 0) is 56.3 Å². The number of nitrogens with zero attached hydrogens (tertiary/aromatic N) is 2. The van der Waals surface area contributed by atoms with Gasteiger partial charge < -0.3 is 0 Å². The number of fused-ring (bicyclic) bond motifs is 5. The summed E-state index contributed by atoms with van der Waals surface area (Å²) in [6.45, 7) is 0. The summed E-state index contributed by atoms with van der Waals surface area (Å²) in [4.78, 5) is 10.3. The van der Waals surface area contributed by atoms with E-state index in [0.29, 0.717) is 5.82 Å². The summed E-state index contributed by atoms with van der Waals surface area (Å²) in [7, 11) is 0. The molecule has 1 heterocycles. The van der Waals surface area contributed by atoms with Crippen molar-refractivity contribution in [2.24, 2.45) is 0 Å². The van der Waals surface area contributed by atoms with Crippen LogP contribution in [-0.2, 0) is 5.41 Å². The zero-order chi connectivity index (χ0) is 31.2. The molecular formula is C45H30N2. The van der Waals surface area contributed by atoms with Crippen molar-refractivity contribution in [2.45, 2.75) is 5.41 Å². The zero-order valence-electron chi connectivity index (χ0n) is 25.7. The molecule has 2 nitrogen and oxygen atoms in total. The molecule has 0 saturated heterocycles. The van der Waals surface area contributed by atoms with E-state index in [-0.39, 0.29) is 0 Å². The maximum absolute atomic E-state index is 5.21. The molecule has 220 valence electrons. The molecule has 47 heavy (non-hydrogen) atoms. The van der Waals surface area contributed by atoms with Crippen LogP contribution in [0.5, 0.6) is 0 Å². The largest absolute Gasteiger partial charge is 0.228 e. The highest BCUT2D eigenvalue weighted by Crippen LogP contribution is 2.58. The quantitative estimate of drug-likeness (QED) is 0.197. The van der Waals surface area contributed by atoms with Crippen molar-refractivity contribution in [3.63, 3.8) is 0 Å². The third-order valence-corrected chi connectivity index (χ3v) is 9.56. The van der Waals surface area contributed by atoms with E-state index in [4.69, 9.17) is 9.97 Å². The Morgan fingerprint density at radius 2 is 0.936 bits per heavy atom. The molecule has 1 aliphatic rings. The molecule has 9 rings (SSSR count). The predicted molar refractivity (Wildman–Crippen MR) is 193 cm³/mol. The van der Waals surface area contributed by atoms with Crippen LogP contribution in [0, 0.1) is 0 Å². The molecule has 2 heteroatoms. The van der Waals surface area contributed by atoms with Gasteiger partial charge in [-0.25, -0.2) is 9.97 Å². The highest BCUT2D eigenvalue weighted by Gasteiger charge is 2.46. The fraction of sp³-hybridized carbons (Fsp3) is 0.0222. The van der Waals surface area contributed by atoms with Crippen molar-refractivity contribution in [1.29, 1.82) is 0 Å². The van der Waals surface area contributed by atoms with Gasteiger partial charge in [-0.1, -0.05) is 170 Å². The average molecular weight is 599 g/mol. The molecule has 0 saturated carbocycles. The molecule has 0 amide bonds. The Morgan fingerprint density at radius 1 is 0.383 bits per heavy atom. The van der Waals surface area contributed by atoms with Crippen LogP contribution in [0.3, 0.4) is 0 Å². The van der Waals surface area contributed by atoms with E-state index in [1.54, 1.807) is 0 Å². The van der Waals surface area contributed by atoms with Crippen LogP contribution >= 0.6 is 0 Å². The van der Waals surface area contributed by atoms with Crippen LogP contribution in [-0.4, -0.2) is 9.97 Å². The van der Waals surface area contributed by atoms with Crippen LogP contribution in [0.25, 0.3) is 55.8 Å². The second kappa shape index (κ2) is 11.0. The first-order valence-electron chi connectivity index (χ1n) is 16.1. The van der Waals surface area contributed by atoms with Crippen LogP contribution in [0.4, 0.5) is 0 Å². The van der Waals surface area contributed by atoms with Crippen molar-refractivity contribution < 1.29 is 0 Å². The number of rotatable bonds is 5. The van der Waals surface area contributed by atoms with Gasteiger partial charge in [-0.3, -0.25) is 0 Å². The lowest BCUT2D eigenvalue weighted by molar-refractivity contribution is 0.769. The first-order chi connectivity index (χ1) is 23.3. The molecule has 0 atom stereocenters. The van der Waals surface area contributed by atoms with Gasteiger partial charge in [0, 0.05) is 16.7 Å². The van der Waals surface area contributed by atoms with E-state index >= 15 is 0 Å². The minimum atomic E-state index is -0.509. The van der Waals surface area contributed by atoms with Crippen LogP contribution in [0.2, 0.25) is 0 Å². The Bertz CT molecular complexity index is 2280. The molecular weight excluding hydrogens is 569 g/mol. The monoisotopic (exact) mass is 598 g/mol. The molecule has 0 N–H and O–H groups in total. The van der Waals surface area contributed by atoms with Crippen LogP contribution < -0.4 is 0 Å². The Labute approximate surface area is 274 Å². The molecule has 0 fully saturated rings. The average Bonchev–Trinajstić information content (AvgIpc) is 3.47. The third kappa shape index (κ3) is 4.34. The summed E-state index contributed by atoms with van der Waals surface area (Å²) >= 11 is 0. The van der Waals surface area contributed by atoms with Gasteiger partial charge in [0.25, 0.3) is 0 Å². The first kappa shape index (κ1) is 27.2. The molecule has 1 aromatic heterocycles. The normalized spacial score (nSPS) is 12.9. The fourth-order valence-corrected chi connectivity index (χ4v) is 7.48. The minimum absolute atomic E-state index is 0.509. The Kier molecular flexibility index (Phi) is 6.39. The molecule has 0 aliphatic heterocycles.